The fourth-order valence-corrected chi connectivity index (χ4v) is 2.12. The molecule has 0 amide bonds. The molecule has 6 heteroatoms. The SMILES string of the molecule is Cc1ccc(Oc2ccc(F)c(C=NS(=O)C(C)(C)C)c2)cn1. The molecule has 0 saturated carbocycles. The van der Waals surface area contributed by atoms with E-state index in [1.807, 2.05) is 13.0 Å². The lowest BCUT2D eigenvalue weighted by Crippen LogP contribution is -2.19. The van der Waals surface area contributed by atoms with E-state index < -0.39 is 21.5 Å². The summed E-state index contributed by atoms with van der Waals surface area (Å²) < 4.78 is 34.8. The number of rotatable bonds is 4. The Morgan fingerprint density at radius 2 is 1.91 bits per heavy atom. The number of benzene rings is 1. The lowest BCUT2D eigenvalue weighted by molar-refractivity contribution is 0.478. The molecule has 0 saturated heterocycles. The van der Waals surface area contributed by atoms with Gasteiger partial charge >= 0.3 is 0 Å². The summed E-state index contributed by atoms with van der Waals surface area (Å²) in [5.41, 5.74) is 1.11. The number of hydrogen-bond donors (Lipinski definition) is 0. The van der Waals surface area contributed by atoms with Gasteiger partial charge in [-0.1, -0.05) is 0 Å². The van der Waals surface area contributed by atoms with Crippen LogP contribution in [0.15, 0.2) is 40.9 Å². The molecule has 0 bridgehead atoms. The molecular weight excluding hydrogens is 315 g/mol. The van der Waals surface area contributed by atoms with Gasteiger partial charge < -0.3 is 4.74 Å². The van der Waals surface area contributed by atoms with Gasteiger partial charge in [0.15, 0.2) is 0 Å². The normalized spacial score (nSPS) is 13.3. The molecule has 1 unspecified atom stereocenters. The van der Waals surface area contributed by atoms with Gasteiger partial charge in [0.05, 0.1) is 10.9 Å². The first-order valence-corrected chi connectivity index (χ1v) is 8.22. The van der Waals surface area contributed by atoms with Crippen LogP contribution in [0.3, 0.4) is 0 Å². The number of aryl methyl sites for hydroxylation is 1. The standard InChI is InChI=1S/C17H19FN2O2S/c1-12-5-6-15(11-19-12)22-14-7-8-16(18)13(9-14)10-20-23(21)17(2,3)4/h5-11H,1-4H3. The lowest BCUT2D eigenvalue weighted by Gasteiger charge is -2.12. The van der Waals surface area contributed by atoms with Crippen LogP contribution in [0.2, 0.25) is 0 Å². The maximum atomic E-state index is 13.9. The molecule has 1 heterocycles. The highest BCUT2D eigenvalue weighted by molar-refractivity contribution is 7.85. The Hall–Kier alpha value is -2.08. The van der Waals surface area contributed by atoms with Gasteiger partial charge in [0, 0.05) is 17.5 Å². The highest BCUT2D eigenvalue weighted by Crippen LogP contribution is 2.23. The van der Waals surface area contributed by atoms with Gasteiger partial charge in [0.2, 0.25) is 0 Å². The summed E-state index contributed by atoms with van der Waals surface area (Å²) >= 11 is 0. The van der Waals surface area contributed by atoms with E-state index in [4.69, 9.17) is 4.74 Å². The van der Waals surface area contributed by atoms with Gasteiger partial charge in [-0.25, -0.2) is 8.60 Å². The Morgan fingerprint density at radius 1 is 1.22 bits per heavy atom. The van der Waals surface area contributed by atoms with Gasteiger partial charge in [0.25, 0.3) is 0 Å². The van der Waals surface area contributed by atoms with Gasteiger partial charge in [-0.2, -0.15) is 4.40 Å². The Balaban J connectivity index is 2.20. The monoisotopic (exact) mass is 334 g/mol. The Kier molecular flexibility index (Phi) is 5.26. The van der Waals surface area contributed by atoms with Crippen molar-refractivity contribution in [2.45, 2.75) is 32.4 Å². The molecule has 1 aromatic carbocycles. The number of nitrogens with zero attached hydrogens (tertiary/aromatic N) is 2. The summed E-state index contributed by atoms with van der Waals surface area (Å²) in [7, 11) is -1.44. The Labute approximate surface area is 138 Å². The van der Waals surface area contributed by atoms with Crippen molar-refractivity contribution in [3.63, 3.8) is 0 Å². The fourth-order valence-electron chi connectivity index (χ4n) is 1.60. The van der Waals surface area contributed by atoms with Crippen molar-refractivity contribution in [1.29, 1.82) is 0 Å². The first-order valence-electron chi connectivity index (χ1n) is 7.12. The molecule has 0 N–H and O–H groups in total. The summed E-state index contributed by atoms with van der Waals surface area (Å²) in [6, 6.07) is 7.94. The predicted molar refractivity (Wildman–Crippen MR) is 90.9 cm³/mol. The van der Waals surface area contributed by atoms with Crippen molar-refractivity contribution in [2.75, 3.05) is 0 Å². The van der Waals surface area contributed by atoms with E-state index in [9.17, 15) is 8.60 Å². The lowest BCUT2D eigenvalue weighted by atomic mass is 10.2. The van der Waals surface area contributed by atoms with Gasteiger partial charge in [-0.3, -0.25) is 4.98 Å². The first kappa shape index (κ1) is 17.3. The number of halogens is 1. The summed E-state index contributed by atoms with van der Waals surface area (Å²) in [6.45, 7) is 7.30. The summed E-state index contributed by atoms with van der Waals surface area (Å²) in [4.78, 5) is 4.14. The maximum absolute atomic E-state index is 13.9. The Morgan fingerprint density at radius 3 is 2.52 bits per heavy atom. The van der Waals surface area contributed by atoms with Crippen molar-refractivity contribution >= 4 is 17.2 Å². The molecule has 122 valence electrons. The van der Waals surface area contributed by atoms with Crippen LogP contribution in [0.25, 0.3) is 0 Å². The van der Waals surface area contributed by atoms with E-state index in [1.54, 1.807) is 33.0 Å². The van der Waals surface area contributed by atoms with E-state index in [2.05, 4.69) is 9.38 Å². The van der Waals surface area contributed by atoms with E-state index in [0.717, 1.165) is 5.69 Å². The number of aromatic nitrogens is 1. The quantitative estimate of drug-likeness (QED) is 0.787. The second-order valence-electron chi connectivity index (χ2n) is 6.02. The zero-order valence-corrected chi connectivity index (χ0v) is 14.4. The van der Waals surface area contributed by atoms with E-state index in [-0.39, 0.29) is 5.56 Å². The minimum Gasteiger partial charge on any atom is -0.456 e. The van der Waals surface area contributed by atoms with Crippen molar-refractivity contribution < 1.29 is 13.3 Å². The van der Waals surface area contributed by atoms with Crippen LogP contribution in [-0.4, -0.2) is 20.2 Å². The van der Waals surface area contributed by atoms with Gasteiger partial charge in [-0.05, 0) is 58.0 Å². The minimum absolute atomic E-state index is 0.222. The number of hydrogen-bond acceptors (Lipinski definition) is 3. The van der Waals surface area contributed by atoms with Crippen molar-refractivity contribution in [2.24, 2.45) is 4.40 Å². The van der Waals surface area contributed by atoms with Gasteiger partial charge in [0.1, 0.15) is 28.3 Å². The molecule has 1 atom stereocenters. The molecule has 1 aromatic heterocycles. The second kappa shape index (κ2) is 7.00. The van der Waals surface area contributed by atoms with Crippen LogP contribution in [0, 0.1) is 12.7 Å². The van der Waals surface area contributed by atoms with Crippen LogP contribution in [-0.2, 0) is 11.0 Å². The molecule has 2 rings (SSSR count). The van der Waals surface area contributed by atoms with Crippen LogP contribution >= 0.6 is 0 Å². The second-order valence-corrected chi connectivity index (χ2v) is 7.95. The molecule has 4 nitrogen and oxygen atoms in total. The van der Waals surface area contributed by atoms with E-state index in [0.29, 0.717) is 11.5 Å². The molecule has 0 spiro atoms. The zero-order chi connectivity index (χ0) is 17.0. The minimum atomic E-state index is -1.44. The predicted octanol–water partition coefficient (Wildman–Crippen LogP) is 4.20. The van der Waals surface area contributed by atoms with Crippen LogP contribution in [0.4, 0.5) is 4.39 Å². The number of pyridine rings is 1. The number of ether oxygens (including phenoxy) is 1. The maximum Gasteiger partial charge on any atom is 0.145 e. The molecular formula is C17H19FN2O2S. The summed E-state index contributed by atoms with van der Waals surface area (Å²) in [6.07, 6.45) is 2.87. The van der Waals surface area contributed by atoms with Crippen LogP contribution < -0.4 is 4.74 Å². The van der Waals surface area contributed by atoms with E-state index in [1.165, 1.54) is 24.4 Å². The van der Waals surface area contributed by atoms with Crippen molar-refractivity contribution in [3.8, 4) is 11.5 Å². The average molecular weight is 334 g/mol. The van der Waals surface area contributed by atoms with Crippen LogP contribution in [0.5, 0.6) is 11.5 Å². The molecule has 0 radical (unpaired) electrons. The third-order valence-corrected chi connectivity index (χ3v) is 4.24. The third-order valence-electron chi connectivity index (χ3n) is 2.90. The van der Waals surface area contributed by atoms with Gasteiger partial charge in [-0.15, -0.1) is 0 Å². The Bertz CT molecular complexity index is 737. The zero-order valence-electron chi connectivity index (χ0n) is 13.5. The average Bonchev–Trinajstić information content (AvgIpc) is 2.48. The molecule has 2 aromatic rings. The summed E-state index contributed by atoms with van der Waals surface area (Å²) in [5, 5.41) is 0. The molecule has 0 aliphatic rings. The molecule has 0 aliphatic carbocycles. The smallest absolute Gasteiger partial charge is 0.145 e. The van der Waals surface area contributed by atoms with Crippen molar-refractivity contribution in [1.82, 2.24) is 4.98 Å². The van der Waals surface area contributed by atoms with E-state index >= 15 is 0 Å². The highest BCUT2D eigenvalue weighted by atomic mass is 32.2. The molecule has 0 aliphatic heterocycles. The topological polar surface area (TPSA) is 51.5 Å². The fraction of sp³-hybridized carbons (Fsp3) is 0.294. The van der Waals surface area contributed by atoms with Crippen molar-refractivity contribution in [3.05, 3.63) is 53.6 Å². The molecule has 0 fully saturated rings. The first-order chi connectivity index (χ1) is 10.8. The highest BCUT2D eigenvalue weighted by Gasteiger charge is 2.18. The van der Waals surface area contributed by atoms with Crippen LogP contribution in [0.1, 0.15) is 32.0 Å². The third kappa shape index (κ3) is 4.96. The largest absolute Gasteiger partial charge is 0.456 e. The summed E-state index contributed by atoms with van der Waals surface area (Å²) in [5.74, 6) is 0.567. The molecule has 23 heavy (non-hydrogen) atoms.